The minimum Gasteiger partial charge on any atom is -0.367 e. The summed E-state index contributed by atoms with van der Waals surface area (Å²) >= 11 is 0. The van der Waals surface area contributed by atoms with Gasteiger partial charge in [0.05, 0.1) is 11.9 Å². The maximum Gasteiger partial charge on any atom is 0.0553 e. The SMILES string of the molecule is CCC(C)C1CN(c2cccnc2)CCN1. The molecule has 1 N–H and O–H groups in total. The third-order valence-electron chi connectivity index (χ3n) is 3.55. The molecule has 2 rings (SSSR count). The van der Waals surface area contributed by atoms with Gasteiger partial charge in [0, 0.05) is 31.9 Å². The Morgan fingerprint density at radius 2 is 2.50 bits per heavy atom. The Bertz CT molecular complexity index is 312. The van der Waals surface area contributed by atoms with Gasteiger partial charge in [-0.15, -0.1) is 0 Å². The number of anilines is 1. The molecule has 2 heterocycles. The van der Waals surface area contributed by atoms with Crippen molar-refractivity contribution in [1.29, 1.82) is 0 Å². The molecule has 88 valence electrons. The monoisotopic (exact) mass is 219 g/mol. The van der Waals surface area contributed by atoms with Gasteiger partial charge in [0.15, 0.2) is 0 Å². The van der Waals surface area contributed by atoms with Crippen LogP contribution in [-0.2, 0) is 0 Å². The highest BCUT2D eigenvalue weighted by Crippen LogP contribution is 2.18. The van der Waals surface area contributed by atoms with Crippen molar-refractivity contribution in [2.75, 3.05) is 24.5 Å². The quantitative estimate of drug-likeness (QED) is 0.841. The van der Waals surface area contributed by atoms with E-state index in [1.165, 1.54) is 12.1 Å². The molecular formula is C13H21N3. The molecule has 2 atom stereocenters. The van der Waals surface area contributed by atoms with Crippen molar-refractivity contribution in [2.24, 2.45) is 5.92 Å². The van der Waals surface area contributed by atoms with Crippen LogP contribution in [0.25, 0.3) is 0 Å². The van der Waals surface area contributed by atoms with Crippen LogP contribution >= 0.6 is 0 Å². The fraction of sp³-hybridized carbons (Fsp3) is 0.615. The largest absolute Gasteiger partial charge is 0.367 e. The van der Waals surface area contributed by atoms with E-state index in [2.05, 4.69) is 35.1 Å². The smallest absolute Gasteiger partial charge is 0.0553 e. The topological polar surface area (TPSA) is 28.2 Å². The Morgan fingerprint density at radius 3 is 3.19 bits per heavy atom. The van der Waals surface area contributed by atoms with E-state index in [-0.39, 0.29) is 0 Å². The molecular weight excluding hydrogens is 198 g/mol. The molecule has 0 radical (unpaired) electrons. The highest BCUT2D eigenvalue weighted by molar-refractivity contribution is 5.44. The number of piperazine rings is 1. The van der Waals surface area contributed by atoms with E-state index >= 15 is 0 Å². The van der Waals surface area contributed by atoms with E-state index in [0.717, 1.165) is 25.6 Å². The van der Waals surface area contributed by atoms with Crippen molar-refractivity contribution in [3.63, 3.8) is 0 Å². The summed E-state index contributed by atoms with van der Waals surface area (Å²) in [6, 6.07) is 4.76. The number of rotatable bonds is 3. The zero-order chi connectivity index (χ0) is 11.4. The van der Waals surface area contributed by atoms with Gasteiger partial charge in [0.2, 0.25) is 0 Å². The van der Waals surface area contributed by atoms with E-state index in [1.807, 2.05) is 18.5 Å². The van der Waals surface area contributed by atoms with Crippen LogP contribution in [0.15, 0.2) is 24.5 Å². The number of nitrogens with one attached hydrogen (secondary N) is 1. The van der Waals surface area contributed by atoms with Crippen molar-refractivity contribution in [2.45, 2.75) is 26.3 Å². The van der Waals surface area contributed by atoms with Crippen LogP contribution in [0.2, 0.25) is 0 Å². The average molecular weight is 219 g/mol. The molecule has 1 fully saturated rings. The Morgan fingerprint density at radius 1 is 1.62 bits per heavy atom. The molecule has 1 aromatic rings. The van der Waals surface area contributed by atoms with Gasteiger partial charge in [-0.05, 0) is 18.1 Å². The summed E-state index contributed by atoms with van der Waals surface area (Å²) in [4.78, 5) is 6.62. The summed E-state index contributed by atoms with van der Waals surface area (Å²) < 4.78 is 0. The molecule has 2 unspecified atom stereocenters. The van der Waals surface area contributed by atoms with Crippen molar-refractivity contribution in [3.8, 4) is 0 Å². The number of aromatic nitrogens is 1. The van der Waals surface area contributed by atoms with E-state index in [4.69, 9.17) is 0 Å². The van der Waals surface area contributed by atoms with Crippen LogP contribution in [0, 0.1) is 5.92 Å². The van der Waals surface area contributed by atoms with E-state index < -0.39 is 0 Å². The maximum absolute atomic E-state index is 4.19. The predicted molar refractivity (Wildman–Crippen MR) is 67.7 cm³/mol. The number of pyridine rings is 1. The zero-order valence-corrected chi connectivity index (χ0v) is 10.2. The van der Waals surface area contributed by atoms with Crippen LogP contribution in [0.3, 0.4) is 0 Å². The van der Waals surface area contributed by atoms with E-state index in [1.54, 1.807) is 0 Å². The second-order valence-electron chi connectivity index (χ2n) is 4.60. The summed E-state index contributed by atoms with van der Waals surface area (Å²) in [7, 11) is 0. The van der Waals surface area contributed by atoms with Gasteiger partial charge in [-0.1, -0.05) is 20.3 Å². The minimum absolute atomic E-state index is 0.610. The molecule has 0 aliphatic carbocycles. The molecule has 1 aromatic heterocycles. The summed E-state index contributed by atoms with van der Waals surface area (Å²) in [5.74, 6) is 0.736. The third kappa shape index (κ3) is 2.53. The fourth-order valence-electron chi connectivity index (χ4n) is 2.22. The van der Waals surface area contributed by atoms with Crippen LogP contribution in [0.1, 0.15) is 20.3 Å². The molecule has 3 heteroatoms. The van der Waals surface area contributed by atoms with Gasteiger partial charge in [-0.25, -0.2) is 0 Å². The molecule has 1 aliphatic rings. The average Bonchev–Trinajstić information content (AvgIpc) is 2.39. The molecule has 1 saturated heterocycles. The number of hydrogen-bond acceptors (Lipinski definition) is 3. The van der Waals surface area contributed by atoms with Crippen LogP contribution in [-0.4, -0.2) is 30.7 Å². The first-order chi connectivity index (χ1) is 7.81. The van der Waals surface area contributed by atoms with Gasteiger partial charge in [-0.2, -0.15) is 0 Å². The first kappa shape index (κ1) is 11.4. The first-order valence-electron chi connectivity index (χ1n) is 6.19. The maximum atomic E-state index is 4.19. The van der Waals surface area contributed by atoms with Crippen molar-refractivity contribution < 1.29 is 0 Å². The second kappa shape index (κ2) is 5.30. The Hall–Kier alpha value is -1.09. The highest BCUT2D eigenvalue weighted by atomic mass is 15.2. The van der Waals surface area contributed by atoms with Crippen molar-refractivity contribution in [3.05, 3.63) is 24.5 Å². The molecule has 1 aliphatic heterocycles. The van der Waals surface area contributed by atoms with Crippen molar-refractivity contribution in [1.82, 2.24) is 10.3 Å². The van der Waals surface area contributed by atoms with Crippen molar-refractivity contribution >= 4 is 5.69 Å². The third-order valence-corrected chi connectivity index (χ3v) is 3.55. The molecule has 16 heavy (non-hydrogen) atoms. The molecule has 3 nitrogen and oxygen atoms in total. The molecule has 0 amide bonds. The second-order valence-corrected chi connectivity index (χ2v) is 4.60. The lowest BCUT2D eigenvalue weighted by molar-refractivity contribution is 0.342. The van der Waals surface area contributed by atoms with Gasteiger partial charge in [-0.3, -0.25) is 4.98 Å². The molecule has 0 aromatic carbocycles. The van der Waals surface area contributed by atoms with Crippen LogP contribution in [0.5, 0.6) is 0 Å². The number of hydrogen-bond donors (Lipinski definition) is 1. The van der Waals surface area contributed by atoms with Crippen LogP contribution < -0.4 is 10.2 Å². The van der Waals surface area contributed by atoms with Gasteiger partial charge < -0.3 is 10.2 Å². The first-order valence-corrected chi connectivity index (χ1v) is 6.19. The lowest BCUT2D eigenvalue weighted by atomic mass is 9.97. The standard InChI is InChI=1S/C13H21N3/c1-3-11(2)13-10-16(8-7-15-13)12-5-4-6-14-9-12/h4-6,9,11,13,15H,3,7-8,10H2,1-2H3. The van der Waals surface area contributed by atoms with E-state index in [0.29, 0.717) is 6.04 Å². The predicted octanol–water partition coefficient (Wildman–Crippen LogP) is 1.91. The van der Waals surface area contributed by atoms with Gasteiger partial charge in [0.1, 0.15) is 0 Å². The highest BCUT2D eigenvalue weighted by Gasteiger charge is 2.23. The molecule has 0 saturated carbocycles. The molecule has 0 spiro atoms. The Balaban J connectivity index is 2.02. The van der Waals surface area contributed by atoms with E-state index in [9.17, 15) is 0 Å². The van der Waals surface area contributed by atoms with Gasteiger partial charge in [0.25, 0.3) is 0 Å². The summed E-state index contributed by atoms with van der Waals surface area (Å²) in [5.41, 5.74) is 1.25. The van der Waals surface area contributed by atoms with Crippen LogP contribution in [0.4, 0.5) is 5.69 Å². The number of nitrogens with zero attached hydrogens (tertiary/aromatic N) is 2. The fourth-order valence-corrected chi connectivity index (χ4v) is 2.22. The normalized spacial score (nSPS) is 23.1. The zero-order valence-electron chi connectivity index (χ0n) is 10.2. The summed E-state index contributed by atoms with van der Waals surface area (Å²) in [6.45, 7) is 7.84. The Kier molecular flexibility index (Phi) is 3.78. The summed E-state index contributed by atoms with van der Waals surface area (Å²) in [6.07, 6.45) is 5.02. The Labute approximate surface area is 97.9 Å². The lowest BCUT2D eigenvalue weighted by Crippen LogP contribution is -2.53. The van der Waals surface area contributed by atoms with Gasteiger partial charge >= 0.3 is 0 Å². The molecule has 0 bridgehead atoms. The summed E-state index contributed by atoms with van der Waals surface area (Å²) in [5, 5.41) is 3.61. The minimum atomic E-state index is 0.610. The lowest BCUT2D eigenvalue weighted by Gasteiger charge is -2.37.